The third kappa shape index (κ3) is 3.84. The van der Waals surface area contributed by atoms with E-state index in [4.69, 9.17) is 4.74 Å². The zero-order chi connectivity index (χ0) is 16.2. The van der Waals surface area contributed by atoms with Crippen molar-refractivity contribution in [1.29, 1.82) is 0 Å². The number of amides is 2. The number of benzene rings is 1. The van der Waals surface area contributed by atoms with Crippen molar-refractivity contribution in [3.63, 3.8) is 0 Å². The molecule has 2 saturated heterocycles. The Balaban J connectivity index is 1.39. The van der Waals surface area contributed by atoms with Gasteiger partial charge in [-0.25, -0.2) is 4.79 Å². The Morgan fingerprint density at radius 1 is 1.04 bits per heavy atom. The predicted octanol–water partition coefficient (Wildman–Crippen LogP) is 2.51. The van der Waals surface area contributed by atoms with Crippen molar-refractivity contribution < 1.29 is 14.3 Å². The Labute approximate surface area is 137 Å². The van der Waals surface area contributed by atoms with Gasteiger partial charge < -0.3 is 14.5 Å². The van der Waals surface area contributed by atoms with Gasteiger partial charge in [-0.15, -0.1) is 0 Å². The molecule has 2 aliphatic rings. The van der Waals surface area contributed by atoms with Crippen LogP contribution in [0.1, 0.15) is 25.3 Å². The number of carbonyl (C=O) groups is 2. The molecule has 0 aliphatic carbocycles. The lowest BCUT2D eigenvalue weighted by atomic mass is 9.79. The van der Waals surface area contributed by atoms with Crippen LogP contribution in [-0.4, -0.2) is 48.0 Å². The average molecular weight is 316 g/mol. The fourth-order valence-electron chi connectivity index (χ4n) is 3.43. The van der Waals surface area contributed by atoms with E-state index in [1.54, 1.807) is 11.8 Å². The number of carbonyl (C=O) groups excluding carboxylic acids is 2. The highest BCUT2D eigenvalue weighted by Crippen LogP contribution is 2.31. The second-order valence-electron chi connectivity index (χ2n) is 6.55. The summed E-state index contributed by atoms with van der Waals surface area (Å²) in [6.07, 6.45) is 1.81. The summed E-state index contributed by atoms with van der Waals surface area (Å²) in [5.41, 5.74) is 1.01. The lowest BCUT2D eigenvalue weighted by molar-refractivity contribution is -0.136. The van der Waals surface area contributed by atoms with Crippen LogP contribution in [0.2, 0.25) is 0 Å². The predicted molar refractivity (Wildman–Crippen MR) is 86.7 cm³/mol. The molecule has 0 unspecified atom stereocenters. The van der Waals surface area contributed by atoms with Gasteiger partial charge in [0.2, 0.25) is 5.91 Å². The van der Waals surface area contributed by atoms with Gasteiger partial charge in [-0.05, 0) is 30.2 Å². The number of likely N-dealkylation sites (tertiary alicyclic amines) is 2. The van der Waals surface area contributed by atoms with E-state index in [-0.39, 0.29) is 12.0 Å². The normalized spacial score (nSPS) is 19.3. The summed E-state index contributed by atoms with van der Waals surface area (Å²) in [7, 11) is 0. The summed E-state index contributed by atoms with van der Waals surface area (Å²) < 4.78 is 5.39. The van der Waals surface area contributed by atoms with E-state index in [1.165, 1.54) is 0 Å². The molecule has 5 heteroatoms. The number of piperidine rings is 1. The summed E-state index contributed by atoms with van der Waals surface area (Å²) in [4.78, 5) is 27.1. The summed E-state index contributed by atoms with van der Waals surface area (Å²) in [6.45, 7) is 5.25. The Morgan fingerprint density at radius 2 is 1.70 bits per heavy atom. The molecular weight excluding hydrogens is 292 g/mol. The quantitative estimate of drug-likeness (QED) is 0.861. The molecule has 0 N–H and O–H groups in total. The van der Waals surface area contributed by atoms with Crippen molar-refractivity contribution in [3.05, 3.63) is 35.9 Å². The molecule has 0 bridgehead atoms. The Hall–Kier alpha value is -2.04. The van der Waals surface area contributed by atoms with Crippen LogP contribution in [0, 0.1) is 11.8 Å². The Bertz CT molecular complexity index is 547. The van der Waals surface area contributed by atoms with Gasteiger partial charge in [0.25, 0.3) is 0 Å². The molecular formula is C18H24N2O3. The summed E-state index contributed by atoms with van der Waals surface area (Å²) >= 11 is 0. The van der Waals surface area contributed by atoms with Gasteiger partial charge in [0.05, 0.1) is 0 Å². The van der Waals surface area contributed by atoms with E-state index >= 15 is 0 Å². The largest absolute Gasteiger partial charge is 0.445 e. The zero-order valence-electron chi connectivity index (χ0n) is 13.6. The maximum absolute atomic E-state index is 12.1. The molecule has 3 rings (SSSR count). The first-order chi connectivity index (χ1) is 11.1. The van der Waals surface area contributed by atoms with Gasteiger partial charge in [-0.2, -0.15) is 0 Å². The minimum absolute atomic E-state index is 0.170. The summed E-state index contributed by atoms with van der Waals surface area (Å²) in [5.74, 6) is 1.41. The van der Waals surface area contributed by atoms with E-state index in [0.29, 0.717) is 18.4 Å². The van der Waals surface area contributed by atoms with Crippen molar-refractivity contribution in [2.24, 2.45) is 11.8 Å². The zero-order valence-corrected chi connectivity index (χ0v) is 13.6. The lowest BCUT2D eigenvalue weighted by Crippen LogP contribution is -2.54. The van der Waals surface area contributed by atoms with Crippen LogP contribution < -0.4 is 0 Å². The Morgan fingerprint density at radius 3 is 2.30 bits per heavy atom. The first-order valence-electron chi connectivity index (χ1n) is 8.34. The van der Waals surface area contributed by atoms with Crippen LogP contribution >= 0.6 is 0 Å². The fraction of sp³-hybridized carbons (Fsp3) is 0.556. The highest BCUT2D eigenvalue weighted by Gasteiger charge is 2.37. The maximum atomic E-state index is 12.1. The molecule has 0 atom stereocenters. The summed E-state index contributed by atoms with van der Waals surface area (Å²) in [5, 5.41) is 0. The molecule has 2 heterocycles. The molecule has 124 valence electrons. The second kappa shape index (κ2) is 7.02. The molecule has 23 heavy (non-hydrogen) atoms. The van der Waals surface area contributed by atoms with Crippen molar-refractivity contribution in [1.82, 2.24) is 9.80 Å². The van der Waals surface area contributed by atoms with Crippen molar-refractivity contribution in [2.45, 2.75) is 26.4 Å². The van der Waals surface area contributed by atoms with Gasteiger partial charge in [0, 0.05) is 33.1 Å². The number of hydrogen-bond acceptors (Lipinski definition) is 3. The molecule has 1 aromatic rings. The van der Waals surface area contributed by atoms with E-state index < -0.39 is 0 Å². The van der Waals surface area contributed by atoms with Crippen LogP contribution in [-0.2, 0) is 16.1 Å². The van der Waals surface area contributed by atoms with Gasteiger partial charge >= 0.3 is 6.09 Å². The number of hydrogen-bond donors (Lipinski definition) is 0. The first kappa shape index (κ1) is 15.8. The van der Waals surface area contributed by atoms with Crippen molar-refractivity contribution in [3.8, 4) is 0 Å². The minimum atomic E-state index is -0.216. The van der Waals surface area contributed by atoms with E-state index in [1.807, 2.05) is 35.2 Å². The van der Waals surface area contributed by atoms with Crippen LogP contribution in [0.3, 0.4) is 0 Å². The number of rotatable bonds is 3. The molecule has 5 nitrogen and oxygen atoms in total. The number of ether oxygens (including phenoxy) is 1. The van der Waals surface area contributed by atoms with Gasteiger partial charge in [0.1, 0.15) is 6.61 Å². The monoisotopic (exact) mass is 316 g/mol. The topological polar surface area (TPSA) is 49.9 Å². The lowest BCUT2D eigenvalue weighted by Gasteiger charge is -2.45. The van der Waals surface area contributed by atoms with E-state index in [2.05, 4.69) is 0 Å². The molecule has 0 aromatic heterocycles. The highest BCUT2D eigenvalue weighted by atomic mass is 16.6. The van der Waals surface area contributed by atoms with Crippen molar-refractivity contribution in [2.75, 3.05) is 26.2 Å². The molecule has 1 aromatic carbocycles. The minimum Gasteiger partial charge on any atom is -0.445 e. The second-order valence-corrected chi connectivity index (χ2v) is 6.55. The molecule has 0 saturated carbocycles. The molecule has 0 spiro atoms. The summed E-state index contributed by atoms with van der Waals surface area (Å²) in [6, 6.07) is 9.74. The van der Waals surface area contributed by atoms with Gasteiger partial charge in [-0.3, -0.25) is 4.79 Å². The first-order valence-corrected chi connectivity index (χ1v) is 8.34. The Kier molecular flexibility index (Phi) is 4.84. The fourth-order valence-corrected chi connectivity index (χ4v) is 3.43. The van der Waals surface area contributed by atoms with E-state index in [9.17, 15) is 9.59 Å². The molecule has 2 fully saturated rings. The van der Waals surface area contributed by atoms with E-state index in [0.717, 1.165) is 44.6 Å². The van der Waals surface area contributed by atoms with Gasteiger partial charge in [0.15, 0.2) is 0 Å². The van der Waals surface area contributed by atoms with Crippen LogP contribution in [0.5, 0.6) is 0 Å². The molecule has 2 amide bonds. The highest BCUT2D eigenvalue weighted by molar-refractivity contribution is 5.74. The van der Waals surface area contributed by atoms with Crippen molar-refractivity contribution >= 4 is 12.0 Å². The van der Waals surface area contributed by atoms with Crippen LogP contribution in [0.25, 0.3) is 0 Å². The number of nitrogens with zero attached hydrogens (tertiary/aromatic N) is 2. The molecule has 0 radical (unpaired) electrons. The third-order valence-electron chi connectivity index (χ3n) is 5.02. The third-order valence-corrected chi connectivity index (χ3v) is 5.02. The smallest absolute Gasteiger partial charge is 0.410 e. The standard InChI is InChI=1S/C18H24N2O3/c1-14(21)20-11-17(12-20)16-7-9-19(10-8-16)18(22)23-13-15-5-3-2-4-6-15/h2-6,16-17H,7-13H2,1H3. The van der Waals surface area contributed by atoms with Crippen LogP contribution in [0.15, 0.2) is 30.3 Å². The maximum Gasteiger partial charge on any atom is 0.410 e. The SMILES string of the molecule is CC(=O)N1CC(C2CCN(C(=O)OCc3ccccc3)CC2)C1. The van der Waals surface area contributed by atoms with Crippen LogP contribution in [0.4, 0.5) is 4.79 Å². The molecule has 2 aliphatic heterocycles. The van der Waals surface area contributed by atoms with Gasteiger partial charge in [-0.1, -0.05) is 30.3 Å². The average Bonchev–Trinajstić information content (AvgIpc) is 2.52.